The Balaban J connectivity index is 1.98. The number of rotatable bonds is 3. The van der Waals surface area contributed by atoms with Gasteiger partial charge in [-0.05, 0) is 31.9 Å². The SMILES string of the molecule is Cc1nc(CN)sc1-c1nc2cc(F)ccc2n1C1CC1. The average Bonchev–Trinajstić information content (AvgIpc) is 3.13. The summed E-state index contributed by atoms with van der Waals surface area (Å²) in [4.78, 5) is 10.2. The number of hydrogen-bond acceptors (Lipinski definition) is 4. The molecule has 1 aromatic carbocycles. The number of imidazole rings is 1. The Hall–Kier alpha value is -1.79. The van der Waals surface area contributed by atoms with Crippen molar-refractivity contribution in [2.24, 2.45) is 5.73 Å². The Morgan fingerprint density at radius 3 is 2.86 bits per heavy atom. The average molecular weight is 302 g/mol. The van der Waals surface area contributed by atoms with Crippen molar-refractivity contribution in [3.63, 3.8) is 0 Å². The molecule has 1 saturated carbocycles. The summed E-state index contributed by atoms with van der Waals surface area (Å²) in [6.45, 7) is 2.41. The molecule has 0 unspecified atom stereocenters. The maximum atomic E-state index is 13.5. The van der Waals surface area contributed by atoms with Gasteiger partial charge in [0.05, 0.1) is 21.6 Å². The molecule has 0 aliphatic heterocycles. The largest absolute Gasteiger partial charge is 0.325 e. The monoisotopic (exact) mass is 302 g/mol. The van der Waals surface area contributed by atoms with Crippen molar-refractivity contribution in [2.75, 3.05) is 0 Å². The lowest BCUT2D eigenvalue weighted by atomic mass is 10.3. The van der Waals surface area contributed by atoms with Gasteiger partial charge in [0.1, 0.15) is 10.8 Å². The second-order valence-electron chi connectivity index (χ2n) is 5.40. The van der Waals surface area contributed by atoms with E-state index in [9.17, 15) is 4.39 Å². The maximum Gasteiger partial charge on any atom is 0.153 e. The highest BCUT2D eigenvalue weighted by Gasteiger charge is 2.30. The van der Waals surface area contributed by atoms with E-state index in [0.717, 1.165) is 39.8 Å². The fraction of sp³-hybridized carbons (Fsp3) is 0.333. The lowest BCUT2D eigenvalue weighted by molar-refractivity contribution is 0.629. The van der Waals surface area contributed by atoms with Crippen LogP contribution in [0.2, 0.25) is 0 Å². The van der Waals surface area contributed by atoms with E-state index in [1.807, 2.05) is 13.0 Å². The summed E-state index contributed by atoms with van der Waals surface area (Å²) in [6.07, 6.45) is 2.30. The van der Waals surface area contributed by atoms with Gasteiger partial charge in [-0.15, -0.1) is 11.3 Å². The number of halogens is 1. The Morgan fingerprint density at radius 2 is 2.19 bits per heavy atom. The van der Waals surface area contributed by atoms with E-state index in [4.69, 9.17) is 5.73 Å². The Bertz CT molecular complexity index is 832. The van der Waals surface area contributed by atoms with Gasteiger partial charge in [-0.3, -0.25) is 0 Å². The summed E-state index contributed by atoms with van der Waals surface area (Å²) in [5.41, 5.74) is 8.33. The number of hydrogen-bond donors (Lipinski definition) is 1. The molecule has 2 aromatic heterocycles. The summed E-state index contributed by atoms with van der Waals surface area (Å²) >= 11 is 1.58. The van der Waals surface area contributed by atoms with Crippen LogP contribution in [-0.2, 0) is 6.54 Å². The fourth-order valence-corrected chi connectivity index (χ4v) is 3.61. The van der Waals surface area contributed by atoms with Crippen LogP contribution in [0.3, 0.4) is 0 Å². The minimum Gasteiger partial charge on any atom is -0.325 e. The Kier molecular flexibility index (Phi) is 2.83. The van der Waals surface area contributed by atoms with Gasteiger partial charge >= 0.3 is 0 Å². The number of fused-ring (bicyclic) bond motifs is 1. The van der Waals surface area contributed by atoms with Crippen LogP contribution >= 0.6 is 11.3 Å². The van der Waals surface area contributed by atoms with Gasteiger partial charge in [0.25, 0.3) is 0 Å². The lowest BCUT2D eigenvalue weighted by Gasteiger charge is -2.06. The summed E-state index contributed by atoms with van der Waals surface area (Å²) < 4.78 is 15.7. The molecule has 0 spiro atoms. The number of nitrogens with two attached hydrogens (primary N) is 1. The lowest BCUT2D eigenvalue weighted by Crippen LogP contribution is -1.97. The summed E-state index contributed by atoms with van der Waals surface area (Å²) in [5, 5.41) is 0.906. The highest BCUT2D eigenvalue weighted by molar-refractivity contribution is 7.15. The van der Waals surface area contributed by atoms with Crippen LogP contribution in [-0.4, -0.2) is 14.5 Å². The Labute approximate surface area is 125 Å². The predicted molar refractivity (Wildman–Crippen MR) is 81.7 cm³/mol. The van der Waals surface area contributed by atoms with E-state index >= 15 is 0 Å². The number of benzene rings is 1. The molecular formula is C15H15FN4S. The zero-order chi connectivity index (χ0) is 14.6. The smallest absolute Gasteiger partial charge is 0.153 e. The molecule has 2 heterocycles. The number of nitrogens with zero attached hydrogens (tertiary/aromatic N) is 3. The minimum absolute atomic E-state index is 0.252. The van der Waals surface area contributed by atoms with E-state index in [0.29, 0.717) is 18.1 Å². The van der Waals surface area contributed by atoms with Crippen molar-refractivity contribution in [1.29, 1.82) is 0 Å². The van der Waals surface area contributed by atoms with Gasteiger partial charge in [-0.1, -0.05) is 0 Å². The first-order valence-corrected chi connectivity index (χ1v) is 7.83. The second-order valence-corrected chi connectivity index (χ2v) is 6.48. The first kappa shape index (κ1) is 12.9. The third-order valence-corrected chi connectivity index (χ3v) is 4.96. The summed E-state index contributed by atoms with van der Waals surface area (Å²) in [6, 6.07) is 5.29. The van der Waals surface area contributed by atoms with E-state index in [2.05, 4.69) is 14.5 Å². The standard InChI is InChI=1S/C15H15FN4S/c1-8-14(21-13(7-17)18-8)15-19-11-6-9(16)2-5-12(11)20(15)10-3-4-10/h2,5-6,10H,3-4,7,17H2,1H3. The molecule has 4 rings (SSSR count). The number of aryl methyl sites for hydroxylation is 1. The van der Waals surface area contributed by atoms with E-state index in [1.54, 1.807) is 11.3 Å². The van der Waals surface area contributed by atoms with Crippen LogP contribution in [0.15, 0.2) is 18.2 Å². The minimum atomic E-state index is -0.252. The quantitative estimate of drug-likeness (QED) is 0.806. The molecule has 0 amide bonds. The fourth-order valence-electron chi connectivity index (χ4n) is 2.68. The number of thiazole rings is 1. The van der Waals surface area contributed by atoms with Crippen molar-refractivity contribution >= 4 is 22.4 Å². The Morgan fingerprint density at radius 1 is 1.38 bits per heavy atom. The number of aromatic nitrogens is 3. The third kappa shape index (κ3) is 2.06. The molecule has 1 aliphatic carbocycles. The zero-order valence-corrected chi connectivity index (χ0v) is 12.5. The van der Waals surface area contributed by atoms with Gasteiger partial charge in [0.2, 0.25) is 0 Å². The molecule has 21 heavy (non-hydrogen) atoms. The van der Waals surface area contributed by atoms with Crippen LogP contribution in [0.5, 0.6) is 0 Å². The van der Waals surface area contributed by atoms with E-state index in [1.165, 1.54) is 12.1 Å². The first-order chi connectivity index (χ1) is 10.2. The predicted octanol–water partition coefficient (Wildman–Crippen LogP) is 3.40. The second kappa shape index (κ2) is 4.61. The topological polar surface area (TPSA) is 56.7 Å². The van der Waals surface area contributed by atoms with Crippen LogP contribution in [0.4, 0.5) is 4.39 Å². The van der Waals surface area contributed by atoms with Gasteiger partial charge in [-0.25, -0.2) is 14.4 Å². The zero-order valence-electron chi connectivity index (χ0n) is 11.6. The molecule has 108 valence electrons. The molecule has 1 aliphatic rings. The maximum absolute atomic E-state index is 13.5. The molecule has 1 fully saturated rings. The highest BCUT2D eigenvalue weighted by Crippen LogP contribution is 2.43. The van der Waals surface area contributed by atoms with Crippen LogP contribution < -0.4 is 5.73 Å². The van der Waals surface area contributed by atoms with Gasteiger partial charge in [0.15, 0.2) is 5.82 Å². The molecule has 0 atom stereocenters. The molecule has 0 saturated heterocycles. The van der Waals surface area contributed by atoms with Crippen LogP contribution in [0.1, 0.15) is 29.6 Å². The van der Waals surface area contributed by atoms with E-state index < -0.39 is 0 Å². The van der Waals surface area contributed by atoms with Crippen LogP contribution in [0.25, 0.3) is 21.7 Å². The van der Waals surface area contributed by atoms with Crippen molar-refractivity contribution in [3.8, 4) is 10.7 Å². The molecule has 2 N–H and O–H groups in total. The highest BCUT2D eigenvalue weighted by atomic mass is 32.1. The normalized spacial score (nSPS) is 15.0. The van der Waals surface area contributed by atoms with Crippen LogP contribution in [0, 0.1) is 12.7 Å². The summed E-state index contributed by atoms with van der Waals surface area (Å²) in [7, 11) is 0. The molecular weight excluding hydrogens is 287 g/mol. The molecule has 0 bridgehead atoms. The van der Waals surface area contributed by atoms with Gasteiger partial charge < -0.3 is 10.3 Å². The van der Waals surface area contributed by atoms with Crippen molar-refractivity contribution in [2.45, 2.75) is 32.4 Å². The van der Waals surface area contributed by atoms with Gasteiger partial charge in [0, 0.05) is 18.7 Å². The van der Waals surface area contributed by atoms with Crippen molar-refractivity contribution in [3.05, 3.63) is 34.7 Å². The van der Waals surface area contributed by atoms with Gasteiger partial charge in [-0.2, -0.15) is 0 Å². The summed E-state index contributed by atoms with van der Waals surface area (Å²) in [5.74, 6) is 0.644. The molecule has 0 radical (unpaired) electrons. The van der Waals surface area contributed by atoms with E-state index in [-0.39, 0.29) is 5.82 Å². The van der Waals surface area contributed by atoms with Crippen molar-refractivity contribution < 1.29 is 4.39 Å². The van der Waals surface area contributed by atoms with Crippen molar-refractivity contribution in [1.82, 2.24) is 14.5 Å². The molecule has 4 nitrogen and oxygen atoms in total. The third-order valence-electron chi connectivity index (χ3n) is 3.78. The molecule has 3 aromatic rings. The molecule has 6 heteroatoms. The first-order valence-electron chi connectivity index (χ1n) is 7.01.